The number of benzene rings is 1. The van der Waals surface area contributed by atoms with E-state index in [9.17, 15) is 9.59 Å². The van der Waals surface area contributed by atoms with E-state index in [-0.39, 0.29) is 18.5 Å². The number of nitrogens with zero attached hydrogens (tertiary/aromatic N) is 2. The number of likely N-dealkylation sites (N-methyl/N-ethyl adjacent to an activating group) is 1. The summed E-state index contributed by atoms with van der Waals surface area (Å²) in [4.78, 5) is 26.6. The minimum atomic E-state index is -0.896. The van der Waals surface area contributed by atoms with Crippen molar-refractivity contribution in [3.8, 4) is 0 Å². The Morgan fingerprint density at radius 1 is 1.42 bits per heavy atom. The lowest BCUT2D eigenvalue weighted by Crippen LogP contribution is -2.44. The number of carboxylic acid groups (broad SMARTS) is 1. The molecular weight excluding hydrogens is 244 g/mol. The van der Waals surface area contributed by atoms with Gasteiger partial charge in [0.05, 0.1) is 12.6 Å². The zero-order valence-electron chi connectivity index (χ0n) is 11.0. The summed E-state index contributed by atoms with van der Waals surface area (Å²) in [5.41, 5.74) is 0.876. The van der Waals surface area contributed by atoms with Gasteiger partial charge in [0.15, 0.2) is 0 Å². The molecule has 1 aliphatic heterocycles. The van der Waals surface area contributed by atoms with Crippen LogP contribution in [0.25, 0.3) is 0 Å². The highest BCUT2D eigenvalue weighted by molar-refractivity contribution is 5.99. The molecule has 102 valence electrons. The van der Waals surface area contributed by atoms with Crippen molar-refractivity contribution in [1.82, 2.24) is 4.90 Å². The monoisotopic (exact) mass is 262 g/mol. The molecule has 1 saturated heterocycles. The maximum atomic E-state index is 12.4. The van der Waals surface area contributed by atoms with Crippen molar-refractivity contribution < 1.29 is 14.7 Å². The Kier molecular flexibility index (Phi) is 4.16. The molecule has 1 heterocycles. The first-order valence-electron chi connectivity index (χ1n) is 6.45. The first kappa shape index (κ1) is 13.5. The van der Waals surface area contributed by atoms with Crippen LogP contribution in [0.2, 0.25) is 0 Å². The Hall–Kier alpha value is -1.88. The molecule has 19 heavy (non-hydrogen) atoms. The Bertz CT molecular complexity index is 461. The quantitative estimate of drug-likeness (QED) is 0.866. The van der Waals surface area contributed by atoms with Crippen LogP contribution in [0.5, 0.6) is 0 Å². The third kappa shape index (κ3) is 2.93. The van der Waals surface area contributed by atoms with Gasteiger partial charge in [-0.3, -0.25) is 14.5 Å². The number of hydrogen-bond donors (Lipinski definition) is 1. The lowest BCUT2D eigenvalue weighted by atomic mass is 10.2. The van der Waals surface area contributed by atoms with Gasteiger partial charge in [-0.25, -0.2) is 0 Å². The molecule has 1 aliphatic rings. The van der Waals surface area contributed by atoms with Crippen molar-refractivity contribution in [1.29, 1.82) is 0 Å². The number of carboxylic acids is 1. The number of aliphatic carboxylic acids is 1. The summed E-state index contributed by atoms with van der Waals surface area (Å²) in [7, 11) is 0. The maximum absolute atomic E-state index is 12.4. The van der Waals surface area contributed by atoms with E-state index in [1.165, 1.54) is 0 Å². The van der Waals surface area contributed by atoms with Gasteiger partial charge in [-0.1, -0.05) is 25.1 Å². The molecule has 0 unspecified atom stereocenters. The Labute approximate surface area is 112 Å². The largest absolute Gasteiger partial charge is 0.480 e. The fourth-order valence-corrected chi connectivity index (χ4v) is 2.48. The van der Waals surface area contributed by atoms with Gasteiger partial charge in [0.1, 0.15) is 0 Å². The van der Waals surface area contributed by atoms with Crippen molar-refractivity contribution in [2.24, 2.45) is 0 Å². The topological polar surface area (TPSA) is 60.9 Å². The van der Waals surface area contributed by atoms with E-state index in [0.717, 1.165) is 5.69 Å². The summed E-state index contributed by atoms with van der Waals surface area (Å²) in [5.74, 6) is -0.901. The number of carbonyl (C=O) groups is 2. The van der Waals surface area contributed by atoms with Crippen LogP contribution in [-0.2, 0) is 9.59 Å². The SMILES string of the molecule is CCN(CC(=O)O)[C@H]1CCN(c2ccccc2)C1=O. The van der Waals surface area contributed by atoms with Gasteiger partial charge in [-0.15, -0.1) is 0 Å². The third-order valence-electron chi connectivity index (χ3n) is 3.43. The molecule has 0 bridgehead atoms. The lowest BCUT2D eigenvalue weighted by Gasteiger charge is -2.24. The summed E-state index contributed by atoms with van der Waals surface area (Å²) in [6, 6.07) is 9.17. The molecule has 1 fully saturated rings. The molecule has 1 aromatic rings. The van der Waals surface area contributed by atoms with E-state index < -0.39 is 5.97 Å². The molecule has 2 rings (SSSR count). The molecular formula is C14H18N2O3. The van der Waals surface area contributed by atoms with Gasteiger partial charge >= 0.3 is 5.97 Å². The normalized spacial score (nSPS) is 19.2. The van der Waals surface area contributed by atoms with Crippen LogP contribution < -0.4 is 4.90 Å². The zero-order valence-corrected chi connectivity index (χ0v) is 11.0. The van der Waals surface area contributed by atoms with Gasteiger partial charge in [0, 0.05) is 12.2 Å². The molecule has 0 saturated carbocycles. The Morgan fingerprint density at radius 2 is 2.11 bits per heavy atom. The van der Waals surface area contributed by atoms with Gasteiger partial charge in [0.2, 0.25) is 5.91 Å². The van der Waals surface area contributed by atoms with Crippen molar-refractivity contribution in [3.05, 3.63) is 30.3 Å². The van der Waals surface area contributed by atoms with Gasteiger partial charge < -0.3 is 10.0 Å². The third-order valence-corrected chi connectivity index (χ3v) is 3.43. The standard InChI is InChI=1S/C14H18N2O3/c1-2-15(10-13(17)18)12-8-9-16(14(12)19)11-6-4-3-5-7-11/h3-7,12H,2,8-10H2,1H3,(H,17,18)/t12-/m0/s1. The molecule has 0 spiro atoms. The van der Waals surface area contributed by atoms with Crippen LogP contribution in [0.4, 0.5) is 5.69 Å². The van der Waals surface area contributed by atoms with Gasteiger partial charge in [0.25, 0.3) is 0 Å². The highest BCUT2D eigenvalue weighted by atomic mass is 16.4. The molecule has 1 amide bonds. The molecule has 0 aliphatic carbocycles. The fourth-order valence-electron chi connectivity index (χ4n) is 2.48. The van der Waals surface area contributed by atoms with Crippen molar-refractivity contribution >= 4 is 17.6 Å². The first-order valence-corrected chi connectivity index (χ1v) is 6.45. The Balaban J connectivity index is 2.11. The van der Waals surface area contributed by atoms with Crippen LogP contribution in [0, 0.1) is 0 Å². The van der Waals surface area contributed by atoms with E-state index in [2.05, 4.69) is 0 Å². The highest BCUT2D eigenvalue weighted by Gasteiger charge is 2.36. The second kappa shape index (κ2) is 5.84. The highest BCUT2D eigenvalue weighted by Crippen LogP contribution is 2.23. The molecule has 5 heteroatoms. The van der Waals surface area contributed by atoms with E-state index in [4.69, 9.17) is 5.11 Å². The number of rotatable bonds is 5. The number of para-hydroxylation sites is 1. The van der Waals surface area contributed by atoms with Gasteiger partial charge in [-0.2, -0.15) is 0 Å². The fraction of sp³-hybridized carbons (Fsp3) is 0.429. The lowest BCUT2D eigenvalue weighted by molar-refractivity contribution is -0.139. The number of carbonyl (C=O) groups excluding carboxylic acids is 1. The average molecular weight is 262 g/mol. The van der Waals surface area contributed by atoms with E-state index in [1.807, 2.05) is 37.3 Å². The number of hydrogen-bond acceptors (Lipinski definition) is 3. The summed E-state index contributed by atoms with van der Waals surface area (Å²) >= 11 is 0. The van der Waals surface area contributed by atoms with Crippen LogP contribution in [0.1, 0.15) is 13.3 Å². The van der Waals surface area contributed by atoms with Crippen molar-refractivity contribution in [3.63, 3.8) is 0 Å². The predicted octanol–water partition coefficient (Wildman–Crippen LogP) is 1.20. The minimum Gasteiger partial charge on any atom is -0.480 e. The predicted molar refractivity (Wildman–Crippen MR) is 72.1 cm³/mol. The summed E-state index contributed by atoms with van der Waals surface area (Å²) < 4.78 is 0. The summed E-state index contributed by atoms with van der Waals surface area (Å²) in [6.07, 6.45) is 0.675. The maximum Gasteiger partial charge on any atom is 0.317 e. The van der Waals surface area contributed by atoms with E-state index in [0.29, 0.717) is 19.5 Å². The zero-order chi connectivity index (χ0) is 13.8. The molecule has 0 radical (unpaired) electrons. The van der Waals surface area contributed by atoms with E-state index in [1.54, 1.807) is 9.80 Å². The van der Waals surface area contributed by atoms with Crippen molar-refractivity contribution in [2.75, 3.05) is 24.5 Å². The second-order valence-electron chi connectivity index (χ2n) is 4.59. The molecule has 0 aromatic heterocycles. The minimum absolute atomic E-state index is 0.00528. The van der Waals surface area contributed by atoms with E-state index >= 15 is 0 Å². The van der Waals surface area contributed by atoms with Crippen LogP contribution >= 0.6 is 0 Å². The number of anilines is 1. The second-order valence-corrected chi connectivity index (χ2v) is 4.59. The summed E-state index contributed by atoms with van der Waals surface area (Å²) in [6.45, 7) is 2.99. The summed E-state index contributed by atoms with van der Waals surface area (Å²) in [5, 5.41) is 8.88. The van der Waals surface area contributed by atoms with Crippen LogP contribution in [-0.4, -0.2) is 47.6 Å². The Morgan fingerprint density at radius 3 is 2.68 bits per heavy atom. The van der Waals surface area contributed by atoms with Crippen molar-refractivity contribution in [2.45, 2.75) is 19.4 Å². The molecule has 1 atom stereocenters. The van der Waals surface area contributed by atoms with Crippen LogP contribution in [0.3, 0.4) is 0 Å². The molecule has 1 N–H and O–H groups in total. The molecule has 5 nitrogen and oxygen atoms in total. The number of amides is 1. The average Bonchev–Trinajstić information content (AvgIpc) is 2.78. The first-order chi connectivity index (χ1) is 9.13. The van der Waals surface area contributed by atoms with Gasteiger partial charge in [-0.05, 0) is 25.1 Å². The smallest absolute Gasteiger partial charge is 0.317 e. The van der Waals surface area contributed by atoms with Crippen LogP contribution in [0.15, 0.2) is 30.3 Å². The molecule has 1 aromatic carbocycles.